The summed E-state index contributed by atoms with van der Waals surface area (Å²) < 4.78 is 24.4. The minimum absolute atomic E-state index is 0.474. The lowest BCUT2D eigenvalue weighted by atomic mass is 10.1. The van der Waals surface area contributed by atoms with Crippen molar-refractivity contribution in [3.05, 3.63) is 46.5 Å². The number of benzene rings is 1. The highest BCUT2D eigenvalue weighted by Crippen LogP contribution is 2.47. The maximum absolute atomic E-state index is 12.2. The zero-order chi connectivity index (χ0) is 13.3. The summed E-state index contributed by atoms with van der Waals surface area (Å²) in [4.78, 5) is 2.66. The molecule has 0 radical (unpaired) electrons. The van der Waals surface area contributed by atoms with Crippen molar-refractivity contribution in [3.63, 3.8) is 0 Å². The molecule has 2 rings (SSSR count). The van der Waals surface area contributed by atoms with Crippen LogP contribution in [0.4, 0.5) is 0 Å². The van der Waals surface area contributed by atoms with Gasteiger partial charge in [0.2, 0.25) is 0 Å². The Morgan fingerprint density at radius 2 is 1.67 bits per heavy atom. The number of nitrogens with zero attached hydrogens (tertiary/aromatic N) is 1. The molecule has 0 fully saturated rings. The maximum atomic E-state index is 12.2. The zero-order valence-electron chi connectivity index (χ0n) is 11.1. The molecule has 0 spiro atoms. The van der Waals surface area contributed by atoms with Crippen molar-refractivity contribution in [1.82, 2.24) is 4.90 Å². The summed E-state index contributed by atoms with van der Waals surface area (Å²) in [6, 6.07) is 9.45. The molecule has 0 N–H and O–H groups in total. The molecule has 18 heavy (non-hydrogen) atoms. The molecule has 1 unspecified atom stereocenters. The predicted molar refractivity (Wildman–Crippen MR) is 73.7 cm³/mol. The van der Waals surface area contributed by atoms with Crippen molar-refractivity contribution < 1.29 is 8.42 Å². The fraction of sp³-hybridized carbons (Fsp3) is 0.429. The lowest BCUT2D eigenvalue weighted by molar-refractivity contribution is 0.359. The van der Waals surface area contributed by atoms with Gasteiger partial charge in [0.05, 0.1) is 10.6 Å². The van der Waals surface area contributed by atoms with Crippen LogP contribution in [-0.2, 0) is 9.84 Å². The van der Waals surface area contributed by atoms with E-state index < -0.39 is 15.1 Å². The molecule has 1 aromatic rings. The van der Waals surface area contributed by atoms with Gasteiger partial charge in [0.15, 0.2) is 9.84 Å². The van der Waals surface area contributed by atoms with E-state index in [1.165, 1.54) is 0 Å². The largest absolute Gasteiger partial charge is 0.373 e. The molecule has 1 aromatic carbocycles. The number of allylic oxidation sites excluding steroid dienone is 1. The average Bonchev–Trinajstić information content (AvgIpc) is 2.39. The van der Waals surface area contributed by atoms with Crippen molar-refractivity contribution >= 4 is 9.84 Å². The Morgan fingerprint density at radius 3 is 2.17 bits per heavy atom. The summed E-state index contributed by atoms with van der Waals surface area (Å²) in [7, 11) is -3.13. The van der Waals surface area contributed by atoms with Gasteiger partial charge in [0, 0.05) is 13.1 Å². The molecule has 1 heterocycles. The van der Waals surface area contributed by atoms with Gasteiger partial charge in [-0.1, -0.05) is 30.3 Å². The topological polar surface area (TPSA) is 37.4 Å². The van der Waals surface area contributed by atoms with Crippen molar-refractivity contribution in [3.8, 4) is 0 Å². The minimum Gasteiger partial charge on any atom is -0.373 e. The molecule has 4 heteroatoms. The standard InChI is InChI=1S/C14H19NO2S/c1-4-15(5-2)13-11(3)18(16,17)14(13)12-9-7-6-8-10-12/h6-10,14H,4-5H2,1-3H3. The second kappa shape index (κ2) is 4.76. The van der Waals surface area contributed by atoms with Crippen LogP contribution < -0.4 is 0 Å². The first-order valence-electron chi connectivity index (χ1n) is 6.28. The van der Waals surface area contributed by atoms with E-state index in [9.17, 15) is 8.42 Å². The molecular formula is C14H19NO2S. The van der Waals surface area contributed by atoms with Crippen LogP contribution in [0.3, 0.4) is 0 Å². The molecular weight excluding hydrogens is 246 g/mol. The normalized spacial score (nSPS) is 21.6. The second-order valence-electron chi connectivity index (χ2n) is 4.45. The third-order valence-corrected chi connectivity index (χ3v) is 5.73. The number of hydrogen-bond donors (Lipinski definition) is 0. The number of hydrogen-bond acceptors (Lipinski definition) is 3. The first kappa shape index (κ1) is 13.1. The predicted octanol–water partition coefficient (Wildman–Crippen LogP) is 2.73. The summed E-state index contributed by atoms with van der Waals surface area (Å²) in [6.07, 6.45) is 0. The smallest absolute Gasteiger partial charge is 0.188 e. The van der Waals surface area contributed by atoms with Crippen LogP contribution in [0.15, 0.2) is 40.9 Å². The SMILES string of the molecule is CCN(CC)C1=C(C)S(=O)(=O)C1c1ccccc1. The van der Waals surface area contributed by atoms with Crippen molar-refractivity contribution in [1.29, 1.82) is 0 Å². The average molecular weight is 265 g/mol. The number of sulfone groups is 1. The number of rotatable bonds is 4. The summed E-state index contributed by atoms with van der Waals surface area (Å²) in [5, 5.41) is -0.474. The van der Waals surface area contributed by atoms with Crippen LogP contribution in [0.25, 0.3) is 0 Å². The molecule has 98 valence electrons. The van der Waals surface area contributed by atoms with E-state index in [0.717, 1.165) is 24.4 Å². The summed E-state index contributed by atoms with van der Waals surface area (Å²) in [5.74, 6) is 0. The Kier molecular flexibility index (Phi) is 3.48. The third-order valence-electron chi connectivity index (χ3n) is 3.55. The summed E-state index contributed by atoms with van der Waals surface area (Å²) in [5.41, 5.74) is 1.83. The molecule has 1 aliphatic heterocycles. The van der Waals surface area contributed by atoms with Crippen molar-refractivity contribution in [2.24, 2.45) is 0 Å². The molecule has 0 bridgehead atoms. The lowest BCUT2D eigenvalue weighted by Gasteiger charge is -2.39. The van der Waals surface area contributed by atoms with E-state index in [1.54, 1.807) is 6.92 Å². The van der Waals surface area contributed by atoms with Gasteiger partial charge in [-0.25, -0.2) is 8.42 Å². The van der Waals surface area contributed by atoms with Gasteiger partial charge in [0.1, 0.15) is 5.25 Å². The second-order valence-corrected chi connectivity index (χ2v) is 6.62. The zero-order valence-corrected chi connectivity index (χ0v) is 11.9. The van der Waals surface area contributed by atoms with Gasteiger partial charge in [-0.15, -0.1) is 0 Å². The van der Waals surface area contributed by atoms with Crippen LogP contribution >= 0.6 is 0 Å². The molecule has 0 amide bonds. The van der Waals surface area contributed by atoms with E-state index in [-0.39, 0.29) is 0 Å². The molecule has 1 atom stereocenters. The van der Waals surface area contributed by atoms with Gasteiger partial charge in [0.25, 0.3) is 0 Å². The first-order chi connectivity index (χ1) is 8.54. The summed E-state index contributed by atoms with van der Waals surface area (Å²) in [6.45, 7) is 7.49. The summed E-state index contributed by atoms with van der Waals surface area (Å²) >= 11 is 0. The van der Waals surface area contributed by atoms with E-state index in [2.05, 4.69) is 18.7 Å². The van der Waals surface area contributed by atoms with E-state index in [1.807, 2.05) is 30.3 Å². The van der Waals surface area contributed by atoms with Gasteiger partial charge in [-0.05, 0) is 26.3 Å². The molecule has 0 aromatic heterocycles. The van der Waals surface area contributed by atoms with Gasteiger partial charge >= 0.3 is 0 Å². The molecule has 1 aliphatic rings. The number of likely N-dealkylation sites (N-methyl/N-ethyl adjacent to an activating group) is 1. The molecule has 0 aliphatic carbocycles. The van der Waals surface area contributed by atoms with Gasteiger partial charge < -0.3 is 4.90 Å². The Bertz CT molecular complexity index is 557. The first-order valence-corrected chi connectivity index (χ1v) is 7.83. The highest BCUT2D eigenvalue weighted by atomic mass is 32.2. The van der Waals surface area contributed by atoms with Crippen LogP contribution in [-0.4, -0.2) is 26.4 Å². The monoisotopic (exact) mass is 265 g/mol. The third kappa shape index (κ3) is 1.85. The van der Waals surface area contributed by atoms with Crippen LogP contribution in [0.1, 0.15) is 31.6 Å². The maximum Gasteiger partial charge on any atom is 0.188 e. The fourth-order valence-electron chi connectivity index (χ4n) is 2.51. The Morgan fingerprint density at radius 1 is 1.11 bits per heavy atom. The minimum atomic E-state index is -3.13. The van der Waals surface area contributed by atoms with E-state index >= 15 is 0 Å². The van der Waals surface area contributed by atoms with E-state index in [4.69, 9.17) is 0 Å². The molecule has 0 saturated heterocycles. The Labute approximate surface area is 109 Å². The van der Waals surface area contributed by atoms with E-state index in [0.29, 0.717) is 4.91 Å². The van der Waals surface area contributed by atoms with Gasteiger partial charge in [-0.2, -0.15) is 0 Å². The Hall–Kier alpha value is -1.29. The quantitative estimate of drug-likeness (QED) is 0.840. The van der Waals surface area contributed by atoms with Crippen molar-refractivity contribution in [2.75, 3.05) is 13.1 Å². The highest BCUT2D eigenvalue weighted by molar-refractivity contribution is 7.97. The highest BCUT2D eigenvalue weighted by Gasteiger charge is 2.45. The van der Waals surface area contributed by atoms with Crippen LogP contribution in [0, 0.1) is 0 Å². The Balaban J connectivity index is 2.49. The van der Waals surface area contributed by atoms with Crippen LogP contribution in [0.2, 0.25) is 0 Å². The van der Waals surface area contributed by atoms with Crippen molar-refractivity contribution in [2.45, 2.75) is 26.0 Å². The van der Waals surface area contributed by atoms with Gasteiger partial charge in [-0.3, -0.25) is 0 Å². The lowest BCUT2D eigenvalue weighted by Crippen LogP contribution is -2.38. The molecule has 0 saturated carbocycles. The van der Waals surface area contributed by atoms with Crippen LogP contribution in [0.5, 0.6) is 0 Å². The fourth-order valence-corrected chi connectivity index (χ4v) is 4.35. The molecule has 3 nitrogen and oxygen atoms in total.